The van der Waals surface area contributed by atoms with Gasteiger partial charge < -0.3 is 19.9 Å². The molecule has 0 aromatic heterocycles. The van der Waals surface area contributed by atoms with Crippen molar-refractivity contribution in [3.05, 3.63) is 23.8 Å². The maximum atomic E-state index is 12.0. The molecule has 1 aromatic rings. The number of rotatable bonds is 9. The molecule has 0 unspecified atom stereocenters. The van der Waals surface area contributed by atoms with Crippen molar-refractivity contribution >= 4 is 11.7 Å². The first kappa shape index (κ1) is 16.3. The van der Waals surface area contributed by atoms with Gasteiger partial charge in [0.05, 0.1) is 18.9 Å². The van der Waals surface area contributed by atoms with E-state index in [-0.39, 0.29) is 6.61 Å². The van der Waals surface area contributed by atoms with Crippen LogP contribution in [0.25, 0.3) is 0 Å². The van der Waals surface area contributed by atoms with Gasteiger partial charge in [0.2, 0.25) is 0 Å². The zero-order valence-corrected chi connectivity index (χ0v) is 12.2. The minimum absolute atomic E-state index is 0.225. The molecular formula is C15H23NO4. The standard InChI is InChI=1S/C15H23NO4/c1-3-5-9-18-10-11-20-15(17)12-7-6-8-13(16)14(12)19-4-2/h6-8H,3-5,9-11,16H2,1-2H3. The van der Waals surface area contributed by atoms with E-state index in [1.165, 1.54) is 0 Å². The van der Waals surface area contributed by atoms with Crippen LogP contribution >= 0.6 is 0 Å². The molecule has 5 heteroatoms. The number of para-hydroxylation sites is 1. The Balaban J connectivity index is 2.49. The molecule has 1 aromatic carbocycles. The van der Waals surface area contributed by atoms with Crippen LogP contribution in [0.2, 0.25) is 0 Å². The largest absolute Gasteiger partial charge is 0.491 e. The number of nitrogen functional groups attached to an aromatic ring is 1. The van der Waals surface area contributed by atoms with Gasteiger partial charge in [0.15, 0.2) is 5.75 Å². The van der Waals surface area contributed by atoms with E-state index in [9.17, 15) is 4.79 Å². The lowest BCUT2D eigenvalue weighted by Crippen LogP contribution is -2.13. The highest BCUT2D eigenvalue weighted by Crippen LogP contribution is 2.26. The highest BCUT2D eigenvalue weighted by atomic mass is 16.6. The second kappa shape index (κ2) is 9.20. The van der Waals surface area contributed by atoms with Gasteiger partial charge in [0, 0.05) is 6.61 Å². The summed E-state index contributed by atoms with van der Waals surface area (Å²) in [6, 6.07) is 5.03. The molecule has 5 nitrogen and oxygen atoms in total. The van der Waals surface area contributed by atoms with Crippen molar-refractivity contribution in [3.63, 3.8) is 0 Å². The minimum Gasteiger partial charge on any atom is -0.491 e. The second-order valence-electron chi connectivity index (χ2n) is 4.26. The average Bonchev–Trinajstić information content (AvgIpc) is 2.45. The summed E-state index contributed by atoms with van der Waals surface area (Å²) in [4.78, 5) is 12.0. The zero-order chi connectivity index (χ0) is 14.8. The summed E-state index contributed by atoms with van der Waals surface area (Å²) in [5, 5.41) is 0. The van der Waals surface area contributed by atoms with E-state index in [1.54, 1.807) is 18.2 Å². The summed E-state index contributed by atoms with van der Waals surface area (Å²) in [7, 11) is 0. The predicted molar refractivity (Wildman–Crippen MR) is 78.0 cm³/mol. The number of esters is 1. The molecule has 0 fully saturated rings. The number of carbonyl (C=O) groups excluding carboxylic acids is 1. The Hall–Kier alpha value is -1.75. The van der Waals surface area contributed by atoms with Crippen molar-refractivity contribution in [2.24, 2.45) is 0 Å². The fourth-order valence-electron chi connectivity index (χ4n) is 1.64. The van der Waals surface area contributed by atoms with Gasteiger partial charge in [0.25, 0.3) is 0 Å². The van der Waals surface area contributed by atoms with Gasteiger partial charge in [-0.3, -0.25) is 0 Å². The Morgan fingerprint density at radius 3 is 2.70 bits per heavy atom. The lowest BCUT2D eigenvalue weighted by molar-refractivity contribution is 0.0310. The Morgan fingerprint density at radius 2 is 2.00 bits per heavy atom. The molecule has 0 amide bonds. The van der Waals surface area contributed by atoms with E-state index >= 15 is 0 Å². The van der Waals surface area contributed by atoms with E-state index in [1.807, 2.05) is 6.92 Å². The van der Waals surface area contributed by atoms with E-state index in [2.05, 4.69) is 6.92 Å². The van der Waals surface area contributed by atoms with Gasteiger partial charge in [-0.1, -0.05) is 19.4 Å². The fraction of sp³-hybridized carbons (Fsp3) is 0.533. The van der Waals surface area contributed by atoms with Crippen molar-refractivity contribution in [1.29, 1.82) is 0 Å². The molecule has 1 rings (SSSR count). The first-order chi connectivity index (χ1) is 9.70. The number of anilines is 1. The van der Waals surface area contributed by atoms with E-state index in [4.69, 9.17) is 19.9 Å². The van der Waals surface area contributed by atoms with Crippen molar-refractivity contribution < 1.29 is 19.0 Å². The van der Waals surface area contributed by atoms with Crippen LogP contribution in [-0.2, 0) is 9.47 Å². The van der Waals surface area contributed by atoms with Crippen LogP contribution in [0.4, 0.5) is 5.69 Å². The van der Waals surface area contributed by atoms with Crippen LogP contribution < -0.4 is 10.5 Å². The molecule has 0 radical (unpaired) electrons. The monoisotopic (exact) mass is 281 g/mol. The first-order valence-corrected chi connectivity index (χ1v) is 6.96. The maximum Gasteiger partial charge on any atom is 0.342 e. The third-order valence-corrected chi connectivity index (χ3v) is 2.66. The summed E-state index contributed by atoms with van der Waals surface area (Å²) in [5.41, 5.74) is 6.58. The van der Waals surface area contributed by atoms with Gasteiger partial charge >= 0.3 is 5.97 Å². The number of nitrogens with two attached hydrogens (primary N) is 1. The molecule has 0 aliphatic rings. The smallest absolute Gasteiger partial charge is 0.342 e. The van der Waals surface area contributed by atoms with Crippen LogP contribution in [0, 0.1) is 0 Å². The summed E-state index contributed by atoms with van der Waals surface area (Å²) in [5.74, 6) is -0.0632. The molecule has 20 heavy (non-hydrogen) atoms. The molecule has 0 spiro atoms. The summed E-state index contributed by atoms with van der Waals surface area (Å²) in [6.45, 7) is 5.69. The van der Waals surface area contributed by atoms with Crippen molar-refractivity contribution in [2.75, 3.05) is 32.2 Å². The molecule has 0 aliphatic heterocycles. The van der Waals surface area contributed by atoms with E-state index < -0.39 is 5.97 Å². The number of benzene rings is 1. The van der Waals surface area contributed by atoms with Gasteiger partial charge in [-0.2, -0.15) is 0 Å². The summed E-state index contributed by atoms with van der Waals surface area (Å²) >= 11 is 0. The fourth-order valence-corrected chi connectivity index (χ4v) is 1.64. The topological polar surface area (TPSA) is 70.8 Å². The highest BCUT2D eigenvalue weighted by Gasteiger charge is 2.16. The first-order valence-electron chi connectivity index (χ1n) is 6.96. The number of hydrogen-bond donors (Lipinski definition) is 1. The molecule has 0 saturated heterocycles. The Morgan fingerprint density at radius 1 is 1.20 bits per heavy atom. The van der Waals surface area contributed by atoms with Crippen LogP contribution in [0.1, 0.15) is 37.0 Å². The number of hydrogen-bond acceptors (Lipinski definition) is 5. The molecule has 0 aliphatic carbocycles. The molecule has 2 N–H and O–H groups in total. The van der Waals surface area contributed by atoms with Gasteiger partial charge in [-0.05, 0) is 25.5 Å². The second-order valence-corrected chi connectivity index (χ2v) is 4.26. The van der Waals surface area contributed by atoms with E-state index in [0.717, 1.165) is 12.8 Å². The molecule has 0 bridgehead atoms. The lowest BCUT2D eigenvalue weighted by atomic mass is 10.2. The van der Waals surface area contributed by atoms with Crippen molar-refractivity contribution in [3.8, 4) is 5.75 Å². The zero-order valence-electron chi connectivity index (χ0n) is 12.2. The van der Waals surface area contributed by atoms with Crippen LogP contribution in [0.5, 0.6) is 5.75 Å². The number of unbranched alkanes of at least 4 members (excludes halogenated alkanes) is 1. The van der Waals surface area contributed by atoms with Gasteiger partial charge in [-0.15, -0.1) is 0 Å². The minimum atomic E-state index is -0.445. The Bertz CT molecular complexity index is 420. The van der Waals surface area contributed by atoms with Gasteiger partial charge in [-0.25, -0.2) is 4.79 Å². The Labute approximate surface area is 120 Å². The van der Waals surface area contributed by atoms with E-state index in [0.29, 0.717) is 36.8 Å². The normalized spacial score (nSPS) is 10.3. The third kappa shape index (κ3) is 5.09. The number of ether oxygens (including phenoxy) is 3. The maximum absolute atomic E-state index is 12.0. The third-order valence-electron chi connectivity index (χ3n) is 2.66. The van der Waals surface area contributed by atoms with Crippen LogP contribution in [0.15, 0.2) is 18.2 Å². The average molecular weight is 281 g/mol. The molecule has 112 valence electrons. The molecular weight excluding hydrogens is 258 g/mol. The quantitative estimate of drug-likeness (QED) is 0.428. The SMILES string of the molecule is CCCCOCCOC(=O)c1cccc(N)c1OCC. The predicted octanol–water partition coefficient (Wildman–Crippen LogP) is 2.64. The Kier molecular flexibility index (Phi) is 7.50. The van der Waals surface area contributed by atoms with Gasteiger partial charge in [0.1, 0.15) is 12.2 Å². The van der Waals surface area contributed by atoms with Crippen LogP contribution in [0.3, 0.4) is 0 Å². The van der Waals surface area contributed by atoms with Crippen LogP contribution in [-0.4, -0.2) is 32.4 Å². The molecule has 0 heterocycles. The molecule has 0 saturated carbocycles. The summed E-state index contributed by atoms with van der Waals surface area (Å²) < 4.78 is 15.9. The lowest BCUT2D eigenvalue weighted by Gasteiger charge is -2.12. The number of carbonyl (C=O) groups is 1. The van der Waals surface area contributed by atoms with Crippen molar-refractivity contribution in [1.82, 2.24) is 0 Å². The van der Waals surface area contributed by atoms with Crippen molar-refractivity contribution in [2.45, 2.75) is 26.7 Å². The highest BCUT2D eigenvalue weighted by molar-refractivity contribution is 5.94. The molecule has 0 atom stereocenters. The summed E-state index contributed by atoms with van der Waals surface area (Å²) in [6.07, 6.45) is 2.10.